The molecule has 0 radical (unpaired) electrons. The summed E-state index contributed by atoms with van der Waals surface area (Å²) in [4.78, 5) is 19.8. The zero-order valence-electron chi connectivity index (χ0n) is 12.8. The molecule has 0 saturated heterocycles. The monoisotopic (exact) mass is 311 g/mol. The lowest BCUT2D eigenvalue weighted by Gasteiger charge is -2.10. The zero-order chi connectivity index (χ0) is 16.4. The number of aromatic nitrogens is 4. The van der Waals surface area contributed by atoms with E-state index < -0.39 is 0 Å². The first-order valence-electron chi connectivity index (χ1n) is 7.17. The SMILES string of the molecule is CC(C)NC(=O)Nc1ccc(-n2ncc3c(N)ncnc32)cc1. The molecule has 0 aliphatic heterocycles. The highest BCUT2D eigenvalue weighted by atomic mass is 16.2. The van der Waals surface area contributed by atoms with Gasteiger partial charge in [-0.2, -0.15) is 5.10 Å². The summed E-state index contributed by atoms with van der Waals surface area (Å²) >= 11 is 0. The van der Waals surface area contributed by atoms with E-state index in [2.05, 4.69) is 25.7 Å². The van der Waals surface area contributed by atoms with Gasteiger partial charge in [-0.15, -0.1) is 0 Å². The van der Waals surface area contributed by atoms with Crippen molar-refractivity contribution >= 4 is 28.6 Å². The van der Waals surface area contributed by atoms with Gasteiger partial charge in [0.25, 0.3) is 0 Å². The van der Waals surface area contributed by atoms with Crippen molar-refractivity contribution in [2.75, 3.05) is 11.1 Å². The average molecular weight is 311 g/mol. The molecule has 0 aliphatic rings. The molecule has 3 rings (SSSR count). The molecule has 8 nitrogen and oxygen atoms in total. The molecule has 23 heavy (non-hydrogen) atoms. The third kappa shape index (κ3) is 3.05. The second-order valence-corrected chi connectivity index (χ2v) is 5.35. The fourth-order valence-electron chi connectivity index (χ4n) is 2.17. The van der Waals surface area contributed by atoms with Gasteiger partial charge >= 0.3 is 6.03 Å². The molecule has 8 heteroatoms. The van der Waals surface area contributed by atoms with Crippen LogP contribution in [0.3, 0.4) is 0 Å². The summed E-state index contributed by atoms with van der Waals surface area (Å²) in [5.74, 6) is 0.393. The number of carbonyl (C=O) groups is 1. The van der Waals surface area contributed by atoms with Crippen LogP contribution in [-0.4, -0.2) is 31.8 Å². The van der Waals surface area contributed by atoms with Gasteiger partial charge in [0.2, 0.25) is 0 Å². The molecule has 3 aromatic rings. The Morgan fingerprint density at radius 1 is 1.22 bits per heavy atom. The fraction of sp³-hybridized carbons (Fsp3) is 0.200. The van der Waals surface area contributed by atoms with Crippen molar-refractivity contribution in [3.8, 4) is 5.69 Å². The molecule has 0 spiro atoms. The highest BCUT2D eigenvalue weighted by Gasteiger charge is 2.09. The van der Waals surface area contributed by atoms with E-state index >= 15 is 0 Å². The maximum atomic E-state index is 11.7. The van der Waals surface area contributed by atoms with Crippen LogP contribution in [0.4, 0.5) is 16.3 Å². The minimum absolute atomic E-state index is 0.0786. The highest BCUT2D eigenvalue weighted by Crippen LogP contribution is 2.20. The first-order valence-corrected chi connectivity index (χ1v) is 7.17. The molecule has 0 unspecified atom stereocenters. The second kappa shape index (κ2) is 5.91. The summed E-state index contributed by atoms with van der Waals surface area (Å²) in [6, 6.07) is 7.12. The minimum atomic E-state index is -0.238. The smallest absolute Gasteiger partial charge is 0.319 e. The van der Waals surface area contributed by atoms with E-state index in [-0.39, 0.29) is 12.1 Å². The van der Waals surface area contributed by atoms with Crippen LogP contribution in [0.5, 0.6) is 0 Å². The number of nitrogens with zero attached hydrogens (tertiary/aromatic N) is 4. The Bertz CT molecular complexity index is 839. The van der Waals surface area contributed by atoms with Crippen LogP contribution in [0.2, 0.25) is 0 Å². The number of anilines is 2. The first-order chi connectivity index (χ1) is 11.0. The number of fused-ring (bicyclic) bond motifs is 1. The van der Waals surface area contributed by atoms with E-state index in [1.165, 1.54) is 6.33 Å². The largest absolute Gasteiger partial charge is 0.383 e. The number of nitrogens with two attached hydrogens (primary N) is 1. The van der Waals surface area contributed by atoms with Gasteiger partial charge in [0.15, 0.2) is 5.65 Å². The Morgan fingerprint density at radius 3 is 2.65 bits per heavy atom. The summed E-state index contributed by atoms with van der Waals surface area (Å²) < 4.78 is 1.67. The van der Waals surface area contributed by atoms with Gasteiger partial charge in [-0.25, -0.2) is 19.4 Å². The van der Waals surface area contributed by atoms with E-state index in [1.807, 2.05) is 26.0 Å². The van der Waals surface area contributed by atoms with Crippen LogP contribution >= 0.6 is 0 Å². The van der Waals surface area contributed by atoms with Gasteiger partial charge < -0.3 is 16.4 Å². The standard InChI is InChI=1S/C15H17N7O/c1-9(2)20-15(23)21-10-3-5-11(6-4-10)22-14-12(7-19-22)13(16)17-8-18-14/h3-9H,1-2H3,(H2,16,17,18)(H2,20,21,23). The maximum Gasteiger partial charge on any atom is 0.319 e. The maximum absolute atomic E-state index is 11.7. The van der Waals surface area contributed by atoms with Crippen molar-refractivity contribution < 1.29 is 4.79 Å². The molecule has 0 bridgehead atoms. The Kier molecular flexibility index (Phi) is 3.80. The van der Waals surface area contributed by atoms with Crippen molar-refractivity contribution in [3.63, 3.8) is 0 Å². The summed E-state index contributed by atoms with van der Waals surface area (Å²) in [5.41, 5.74) is 7.95. The quantitative estimate of drug-likeness (QED) is 0.684. The van der Waals surface area contributed by atoms with Gasteiger partial charge in [0.05, 0.1) is 17.3 Å². The van der Waals surface area contributed by atoms with Crippen molar-refractivity contribution in [2.24, 2.45) is 0 Å². The molecule has 2 heterocycles. The predicted octanol–water partition coefficient (Wildman–Crippen LogP) is 1.93. The number of urea groups is 1. The number of hydrogen-bond acceptors (Lipinski definition) is 5. The number of hydrogen-bond donors (Lipinski definition) is 3. The summed E-state index contributed by atoms with van der Waals surface area (Å²) in [7, 11) is 0. The average Bonchev–Trinajstić information content (AvgIpc) is 2.92. The normalized spacial score (nSPS) is 10.9. The lowest BCUT2D eigenvalue weighted by molar-refractivity contribution is 0.250. The van der Waals surface area contributed by atoms with E-state index in [4.69, 9.17) is 5.73 Å². The van der Waals surface area contributed by atoms with Crippen molar-refractivity contribution in [1.82, 2.24) is 25.1 Å². The van der Waals surface area contributed by atoms with Crippen LogP contribution in [-0.2, 0) is 0 Å². The molecule has 2 aromatic heterocycles. The summed E-state index contributed by atoms with van der Waals surface area (Å²) in [5, 5.41) is 10.5. The summed E-state index contributed by atoms with van der Waals surface area (Å²) in [6.45, 7) is 3.80. The van der Waals surface area contributed by atoms with Crippen LogP contribution in [0.1, 0.15) is 13.8 Å². The topological polar surface area (TPSA) is 111 Å². The van der Waals surface area contributed by atoms with Crippen LogP contribution in [0.25, 0.3) is 16.7 Å². The number of benzene rings is 1. The second-order valence-electron chi connectivity index (χ2n) is 5.35. The molecule has 0 atom stereocenters. The third-order valence-electron chi connectivity index (χ3n) is 3.19. The van der Waals surface area contributed by atoms with Gasteiger partial charge in [0.1, 0.15) is 12.1 Å². The van der Waals surface area contributed by atoms with Crippen LogP contribution in [0.15, 0.2) is 36.8 Å². The number of rotatable bonds is 3. The first kappa shape index (κ1) is 14.8. The van der Waals surface area contributed by atoms with Crippen LogP contribution < -0.4 is 16.4 Å². The molecule has 0 aliphatic carbocycles. The Hall–Kier alpha value is -3.16. The Labute approximate surface area is 132 Å². The number of nitrogen functional groups attached to an aromatic ring is 1. The molecule has 1 aromatic carbocycles. The van der Waals surface area contributed by atoms with Gasteiger partial charge in [-0.1, -0.05) is 0 Å². The number of carbonyl (C=O) groups excluding carboxylic acids is 1. The van der Waals surface area contributed by atoms with E-state index in [9.17, 15) is 4.79 Å². The number of amides is 2. The van der Waals surface area contributed by atoms with Crippen molar-refractivity contribution in [3.05, 3.63) is 36.8 Å². The van der Waals surface area contributed by atoms with E-state index in [1.54, 1.807) is 23.0 Å². The Balaban J connectivity index is 1.84. The summed E-state index contributed by atoms with van der Waals surface area (Å²) in [6.07, 6.45) is 3.04. The van der Waals surface area contributed by atoms with E-state index in [0.717, 1.165) is 5.69 Å². The van der Waals surface area contributed by atoms with E-state index in [0.29, 0.717) is 22.5 Å². The molecular weight excluding hydrogens is 294 g/mol. The Morgan fingerprint density at radius 2 is 1.96 bits per heavy atom. The zero-order valence-corrected chi connectivity index (χ0v) is 12.8. The van der Waals surface area contributed by atoms with Gasteiger partial charge in [-0.05, 0) is 38.1 Å². The van der Waals surface area contributed by atoms with Gasteiger partial charge in [-0.3, -0.25) is 0 Å². The minimum Gasteiger partial charge on any atom is -0.383 e. The molecular formula is C15H17N7O. The number of nitrogens with one attached hydrogen (secondary N) is 2. The lowest BCUT2D eigenvalue weighted by atomic mass is 10.3. The molecule has 0 saturated carbocycles. The predicted molar refractivity (Wildman–Crippen MR) is 88.4 cm³/mol. The lowest BCUT2D eigenvalue weighted by Crippen LogP contribution is -2.34. The molecule has 0 fully saturated rings. The van der Waals surface area contributed by atoms with Crippen molar-refractivity contribution in [2.45, 2.75) is 19.9 Å². The van der Waals surface area contributed by atoms with Crippen molar-refractivity contribution in [1.29, 1.82) is 0 Å². The van der Waals surface area contributed by atoms with Crippen LogP contribution in [0, 0.1) is 0 Å². The fourth-order valence-corrected chi connectivity index (χ4v) is 2.17. The molecule has 4 N–H and O–H groups in total. The van der Waals surface area contributed by atoms with Gasteiger partial charge in [0, 0.05) is 11.7 Å². The molecule has 118 valence electrons. The third-order valence-corrected chi connectivity index (χ3v) is 3.19. The molecule has 2 amide bonds. The highest BCUT2D eigenvalue weighted by molar-refractivity contribution is 5.89.